The van der Waals surface area contributed by atoms with E-state index in [-0.39, 0.29) is 10.6 Å². The fourth-order valence-electron chi connectivity index (χ4n) is 1.10. The highest BCUT2D eigenvalue weighted by Gasteiger charge is 2.18. The molecule has 0 aliphatic heterocycles. The van der Waals surface area contributed by atoms with Gasteiger partial charge >= 0.3 is 5.97 Å². The van der Waals surface area contributed by atoms with Crippen molar-refractivity contribution in [1.29, 1.82) is 0 Å². The number of hydrogen-bond acceptors (Lipinski definition) is 2. The van der Waals surface area contributed by atoms with Gasteiger partial charge in [0.25, 0.3) is 0 Å². The fraction of sp³-hybridized carbons (Fsp3) is 0.222. The van der Waals surface area contributed by atoms with E-state index >= 15 is 0 Å². The maximum atomic E-state index is 13.1. The first-order valence-electron chi connectivity index (χ1n) is 3.86. The van der Waals surface area contributed by atoms with Gasteiger partial charge in [-0.05, 0) is 12.1 Å². The molecular weight excluding hydrogens is 211 g/mol. The second kappa shape index (κ2) is 4.39. The second-order valence-corrected chi connectivity index (χ2v) is 3.16. The van der Waals surface area contributed by atoms with E-state index in [4.69, 9.17) is 16.7 Å². The van der Waals surface area contributed by atoms with Crippen molar-refractivity contribution in [2.24, 2.45) is 0 Å². The number of aliphatic hydroxyl groups is 1. The van der Waals surface area contributed by atoms with Crippen LogP contribution >= 0.6 is 11.6 Å². The Balaban J connectivity index is 2.99. The molecular formula is C9H8ClFO3. The van der Waals surface area contributed by atoms with Crippen molar-refractivity contribution in [3.05, 3.63) is 34.6 Å². The van der Waals surface area contributed by atoms with Crippen LogP contribution in [-0.2, 0) is 4.79 Å². The van der Waals surface area contributed by atoms with Crippen molar-refractivity contribution in [3.8, 4) is 0 Å². The van der Waals surface area contributed by atoms with E-state index in [1.807, 2.05) is 0 Å². The van der Waals surface area contributed by atoms with Gasteiger partial charge in [-0.3, -0.25) is 4.79 Å². The van der Waals surface area contributed by atoms with E-state index in [0.717, 1.165) is 6.07 Å². The summed E-state index contributed by atoms with van der Waals surface area (Å²) in [7, 11) is 0. The van der Waals surface area contributed by atoms with Gasteiger partial charge in [-0.25, -0.2) is 4.39 Å². The van der Waals surface area contributed by atoms with Crippen LogP contribution < -0.4 is 0 Å². The molecule has 0 aromatic heterocycles. The van der Waals surface area contributed by atoms with E-state index < -0.39 is 24.3 Å². The van der Waals surface area contributed by atoms with E-state index in [9.17, 15) is 14.3 Å². The zero-order valence-corrected chi connectivity index (χ0v) is 7.83. The van der Waals surface area contributed by atoms with E-state index in [1.54, 1.807) is 0 Å². The molecule has 1 unspecified atom stereocenters. The molecule has 0 aliphatic carbocycles. The fourth-order valence-corrected chi connectivity index (χ4v) is 1.39. The van der Waals surface area contributed by atoms with Gasteiger partial charge in [0.1, 0.15) is 5.82 Å². The number of aliphatic carboxylic acids is 1. The van der Waals surface area contributed by atoms with Crippen molar-refractivity contribution in [3.63, 3.8) is 0 Å². The van der Waals surface area contributed by atoms with Crippen LogP contribution in [0.25, 0.3) is 0 Å². The first kappa shape index (κ1) is 10.9. The molecule has 1 rings (SSSR count). The Labute approximate surface area is 84.7 Å². The molecule has 0 bridgehead atoms. The molecule has 0 aliphatic rings. The molecule has 0 heterocycles. The Kier molecular flexibility index (Phi) is 3.43. The molecule has 3 nitrogen and oxygen atoms in total. The van der Waals surface area contributed by atoms with Gasteiger partial charge in [-0.2, -0.15) is 0 Å². The van der Waals surface area contributed by atoms with Gasteiger partial charge in [0.05, 0.1) is 12.5 Å². The number of rotatable bonds is 3. The molecule has 0 amide bonds. The highest BCUT2D eigenvalue weighted by molar-refractivity contribution is 6.31. The van der Waals surface area contributed by atoms with Gasteiger partial charge in [0.2, 0.25) is 0 Å². The first-order valence-corrected chi connectivity index (χ1v) is 4.24. The molecule has 0 saturated carbocycles. The maximum Gasteiger partial charge on any atom is 0.306 e. The summed E-state index contributed by atoms with van der Waals surface area (Å²) >= 11 is 5.61. The summed E-state index contributed by atoms with van der Waals surface area (Å²) in [5.41, 5.74) is -0.170. The molecule has 5 heteroatoms. The largest absolute Gasteiger partial charge is 0.481 e. The number of halogens is 2. The lowest BCUT2D eigenvalue weighted by atomic mass is 10.1. The molecule has 1 aromatic carbocycles. The van der Waals surface area contributed by atoms with E-state index in [2.05, 4.69) is 0 Å². The van der Waals surface area contributed by atoms with Crippen molar-refractivity contribution in [2.75, 3.05) is 0 Å². The molecule has 1 atom stereocenters. The number of benzene rings is 1. The molecule has 0 spiro atoms. The molecule has 2 N–H and O–H groups in total. The van der Waals surface area contributed by atoms with E-state index in [0.29, 0.717) is 0 Å². The van der Waals surface area contributed by atoms with Crippen molar-refractivity contribution < 1.29 is 19.4 Å². The third-order valence-corrected chi connectivity index (χ3v) is 2.03. The zero-order chi connectivity index (χ0) is 10.7. The Morgan fingerprint density at radius 2 is 2.21 bits per heavy atom. The third-order valence-electron chi connectivity index (χ3n) is 1.70. The predicted molar refractivity (Wildman–Crippen MR) is 48.6 cm³/mol. The quantitative estimate of drug-likeness (QED) is 0.816. The van der Waals surface area contributed by atoms with Gasteiger partial charge in [0, 0.05) is 10.6 Å². The highest BCUT2D eigenvalue weighted by atomic mass is 35.5. The standard InChI is InChI=1S/C9H8ClFO3/c10-5-2-1-3-6(11)9(5)7(12)4-8(13)14/h1-3,7,12H,4H2,(H,13,14). The summed E-state index contributed by atoms with van der Waals surface area (Å²) in [6.45, 7) is 0. The number of carboxylic acids is 1. The van der Waals surface area contributed by atoms with Crippen LogP contribution in [0.1, 0.15) is 18.1 Å². The minimum atomic E-state index is -1.42. The molecule has 0 radical (unpaired) electrons. The smallest absolute Gasteiger partial charge is 0.306 e. The number of carbonyl (C=O) groups is 1. The summed E-state index contributed by atoms with van der Waals surface area (Å²) in [6.07, 6.45) is -1.98. The number of aliphatic hydroxyl groups excluding tert-OH is 1. The lowest BCUT2D eigenvalue weighted by Crippen LogP contribution is -2.07. The lowest BCUT2D eigenvalue weighted by molar-refractivity contribution is -0.139. The Morgan fingerprint density at radius 1 is 1.57 bits per heavy atom. The normalized spacial score (nSPS) is 12.5. The molecule has 76 valence electrons. The van der Waals surface area contributed by atoms with Gasteiger partial charge in [-0.15, -0.1) is 0 Å². The minimum absolute atomic E-state index is 0.0266. The summed E-state index contributed by atoms with van der Waals surface area (Å²) in [5.74, 6) is -1.91. The Hall–Kier alpha value is -1.13. The summed E-state index contributed by atoms with van der Waals surface area (Å²) in [4.78, 5) is 10.3. The van der Waals surface area contributed by atoms with Crippen molar-refractivity contribution in [2.45, 2.75) is 12.5 Å². The SMILES string of the molecule is O=C(O)CC(O)c1c(F)cccc1Cl. The Bertz CT molecular complexity index is 334. The highest BCUT2D eigenvalue weighted by Crippen LogP contribution is 2.27. The number of hydrogen-bond donors (Lipinski definition) is 2. The summed E-state index contributed by atoms with van der Waals surface area (Å²) in [5, 5.41) is 17.8. The molecule has 14 heavy (non-hydrogen) atoms. The average Bonchev–Trinajstić information content (AvgIpc) is 2.01. The minimum Gasteiger partial charge on any atom is -0.481 e. The van der Waals surface area contributed by atoms with Crippen molar-refractivity contribution in [1.82, 2.24) is 0 Å². The van der Waals surface area contributed by atoms with Crippen LogP contribution in [0.4, 0.5) is 4.39 Å². The lowest BCUT2D eigenvalue weighted by Gasteiger charge is -2.10. The van der Waals surface area contributed by atoms with Gasteiger partial charge < -0.3 is 10.2 Å². The van der Waals surface area contributed by atoms with Crippen molar-refractivity contribution >= 4 is 17.6 Å². The predicted octanol–water partition coefficient (Wildman–Crippen LogP) is 1.99. The molecule has 1 aromatic rings. The van der Waals surface area contributed by atoms with Gasteiger partial charge in [0.15, 0.2) is 0 Å². The second-order valence-electron chi connectivity index (χ2n) is 2.75. The zero-order valence-electron chi connectivity index (χ0n) is 7.08. The first-order chi connectivity index (χ1) is 6.52. The van der Waals surface area contributed by atoms with Crippen LogP contribution in [-0.4, -0.2) is 16.2 Å². The summed E-state index contributed by atoms with van der Waals surface area (Å²) < 4.78 is 13.1. The van der Waals surface area contributed by atoms with Crippen LogP contribution in [0, 0.1) is 5.82 Å². The molecule has 0 saturated heterocycles. The average molecular weight is 219 g/mol. The van der Waals surface area contributed by atoms with Crippen LogP contribution in [0.5, 0.6) is 0 Å². The van der Waals surface area contributed by atoms with Gasteiger partial charge in [-0.1, -0.05) is 17.7 Å². The van der Waals surface area contributed by atoms with Crippen LogP contribution in [0.15, 0.2) is 18.2 Å². The van der Waals surface area contributed by atoms with Crippen LogP contribution in [0.3, 0.4) is 0 Å². The van der Waals surface area contributed by atoms with Crippen LogP contribution in [0.2, 0.25) is 5.02 Å². The molecule has 0 fully saturated rings. The summed E-state index contributed by atoms with van der Waals surface area (Å²) in [6, 6.07) is 3.89. The third kappa shape index (κ3) is 2.43. The maximum absolute atomic E-state index is 13.1. The monoisotopic (exact) mass is 218 g/mol. The number of carboxylic acid groups (broad SMARTS) is 1. The van der Waals surface area contributed by atoms with E-state index in [1.165, 1.54) is 12.1 Å². The Morgan fingerprint density at radius 3 is 2.71 bits per heavy atom. The topological polar surface area (TPSA) is 57.5 Å².